The number of halogens is 1. The molecule has 0 bridgehead atoms. The lowest BCUT2D eigenvalue weighted by Crippen LogP contribution is -2.47. The zero-order chi connectivity index (χ0) is 23.2. The topological polar surface area (TPSA) is 40.6 Å². The highest BCUT2D eigenvalue weighted by Crippen LogP contribution is 2.23. The molecule has 0 N–H and O–H groups in total. The standard InChI is InChI=1S/C25H35FN2O2S/c1-7-18(2)28(23(29)14-25(4,5)6)17-24(30)27(16-22-13-8-19(3)31-22)15-20-9-11-21(26)12-10-20/h8-13,18H,7,14-17H2,1-6H3/t18-/m1/s1. The van der Waals surface area contributed by atoms with E-state index < -0.39 is 0 Å². The molecule has 6 heteroatoms. The Morgan fingerprint density at radius 3 is 2.19 bits per heavy atom. The minimum absolute atomic E-state index is 0.00361. The van der Waals surface area contributed by atoms with Crippen molar-refractivity contribution in [2.75, 3.05) is 6.54 Å². The normalized spacial score (nSPS) is 12.5. The van der Waals surface area contributed by atoms with E-state index in [1.807, 2.05) is 53.7 Å². The number of hydrogen-bond donors (Lipinski definition) is 0. The van der Waals surface area contributed by atoms with E-state index in [9.17, 15) is 14.0 Å². The molecule has 0 aliphatic carbocycles. The van der Waals surface area contributed by atoms with E-state index in [0.717, 1.165) is 16.9 Å². The summed E-state index contributed by atoms with van der Waals surface area (Å²) >= 11 is 1.66. The van der Waals surface area contributed by atoms with Crippen molar-refractivity contribution in [3.63, 3.8) is 0 Å². The van der Waals surface area contributed by atoms with Crippen molar-refractivity contribution in [3.8, 4) is 0 Å². The van der Waals surface area contributed by atoms with Gasteiger partial charge in [-0.05, 0) is 55.5 Å². The second-order valence-electron chi connectivity index (χ2n) is 9.40. The number of amides is 2. The Kier molecular flexibility index (Phi) is 8.80. The van der Waals surface area contributed by atoms with Gasteiger partial charge in [0.2, 0.25) is 11.8 Å². The van der Waals surface area contributed by atoms with Crippen LogP contribution in [0, 0.1) is 18.2 Å². The first-order chi connectivity index (χ1) is 14.5. The molecule has 0 fully saturated rings. The predicted octanol–water partition coefficient (Wildman–Crippen LogP) is 5.79. The molecule has 0 radical (unpaired) electrons. The van der Waals surface area contributed by atoms with Crippen LogP contribution in [-0.2, 0) is 22.7 Å². The van der Waals surface area contributed by atoms with E-state index in [1.165, 1.54) is 17.0 Å². The van der Waals surface area contributed by atoms with Gasteiger partial charge in [0.1, 0.15) is 12.4 Å². The van der Waals surface area contributed by atoms with E-state index in [1.54, 1.807) is 33.3 Å². The number of benzene rings is 1. The molecule has 170 valence electrons. The maximum Gasteiger partial charge on any atom is 0.242 e. The summed E-state index contributed by atoms with van der Waals surface area (Å²) in [6.45, 7) is 13.0. The molecule has 0 saturated carbocycles. The molecule has 0 aliphatic heterocycles. The van der Waals surface area contributed by atoms with Crippen molar-refractivity contribution in [3.05, 3.63) is 57.5 Å². The third kappa shape index (κ3) is 8.09. The van der Waals surface area contributed by atoms with Crippen LogP contribution in [-0.4, -0.2) is 34.2 Å². The van der Waals surface area contributed by atoms with Crippen LogP contribution in [0.2, 0.25) is 0 Å². The second-order valence-corrected chi connectivity index (χ2v) is 10.8. The first-order valence-corrected chi connectivity index (χ1v) is 11.7. The Balaban J connectivity index is 2.23. The third-order valence-electron chi connectivity index (χ3n) is 5.21. The van der Waals surface area contributed by atoms with Gasteiger partial charge in [-0.1, -0.05) is 39.8 Å². The van der Waals surface area contributed by atoms with Crippen LogP contribution >= 0.6 is 11.3 Å². The average Bonchev–Trinajstić information content (AvgIpc) is 3.09. The molecule has 2 aromatic rings. The van der Waals surface area contributed by atoms with Gasteiger partial charge in [0.15, 0.2) is 0 Å². The molecule has 2 amide bonds. The van der Waals surface area contributed by atoms with E-state index in [-0.39, 0.29) is 35.6 Å². The lowest BCUT2D eigenvalue weighted by molar-refractivity contribution is -0.144. The van der Waals surface area contributed by atoms with Crippen LogP contribution in [0.3, 0.4) is 0 Å². The highest BCUT2D eigenvalue weighted by atomic mass is 32.1. The van der Waals surface area contributed by atoms with Gasteiger partial charge in [0.05, 0.1) is 6.54 Å². The molecule has 0 unspecified atom stereocenters. The summed E-state index contributed by atoms with van der Waals surface area (Å²) in [5, 5.41) is 0. The molecule has 1 aromatic heterocycles. The zero-order valence-corrected chi connectivity index (χ0v) is 20.4. The summed E-state index contributed by atoms with van der Waals surface area (Å²) in [4.78, 5) is 32.1. The predicted molar refractivity (Wildman–Crippen MR) is 125 cm³/mol. The van der Waals surface area contributed by atoms with Crippen molar-refractivity contribution in [2.45, 2.75) is 73.5 Å². The SMILES string of the molecule is CC[C@@H](C)N(CC(=O)N(Cc1ccc(F)cc1)Cc1ccc(C)s1)C(=O)CC(C)(C)C. The summed E-state index contributed by atoms with van der Waals surface area (Å²) in [7, 11) is 0. The fourth-order valence-electron chi connectivity index (χ4n) is 3.31. The second kappa shape index (κ2) is 10.9. The lowest BCUT2D eigenvalue weighted by Gasteiger charge is -2.33. The molecule has 4 nitrogen and oxygen atoms in total. The minimum Gasteiger partial charge on any atom is -0.332 e. The summed E-state index contributed by atoms with van der Waals surface area (Å²) in [6, 6.07) is 10.3. The third-order valence-corrected chi connectivity index (χ3v) is 6.20. The van der Waals surface area contributed by atoms with Crippen molar-refractivity contribution >= 4 is 23.2 Å². The molecular formula is C25H35FN2O2S. The van der Waals surface area contributed by atoms with E-state index in [4.69, 9.17) is 0 Å². The van der Waals surface area contributed by atoms with E-state index >= 15 is 0 Å². The van der Waals surface area contributed by atoms with Gasteiger partial charge in [-0.25, -0.2) is 4.39 Å². The number of nitrogens with zero attached hydrogens (tertiary/aromatic N) is 2. The summed E-state index contributed by atoms with van der Waals surface area (Å²) < 4.78 is 13.3. The number of thiophene rings is 1. The van der Waals surface area contributed by atoms with Crippen molar-refractivity contribution in [1.29, 1.82) is 0 Å². The van der Waals surface area contributed by atoms with Gasteiger partial charge < -0.3 is 9.80 Å². The lowest BCUT2D eigenvalue weighted by atomic mass is 9.91. The molecule has 1 atom stereocenters. The number of carbonyl (C=O) groups excluding carboxylic acids is 2. The Morgan fingerprint density at radius 2 is 1.68 bits per heavy atom. The van der Waals surface area contributed by atoms with Crippen LogP contribution in [0.15, 0.2) is 36.4 Å². The first kappa shape index (κ1) is 25.1. The smallest absolute Gasteiger partial charge is 0.242 e. The maximum atomic E-state index is 13.4. The quantitative estimate of drug-likeness (QED) is 0.489. The van der Waals surface area contributed by atoms with Gasteiger partial charge in [0.25, 0.3) is 0 Å². The van der Waals surface area contributed by atoms with Crippen LogP contribution in [0.4, 0.5) is 4.39 Å². The van der Waals surface area contributed by atoms with E-state index in [2.05, 4.69) is 0 Å². The van der Waals surface area contributed by atoms with Crippen LogP contribution in [0.5, 0.6) is 0 Å². The Labute approximate surface area is 190 Å². The minimum atomic E-state index is -0.300. The highest BCUT2D eigenvalue weighted by Gasteiger charge is 2.28. The summed E-state index contributed by atoms with van der Waals surface area (Å²) in [5.41, 5.74) is 0.716. The largest absolute Gasteiger partial charge is 0.332 e. The number of rotatable bonds is 9. The molecule has 0 spiro atoms. The van der Waals surface area contributed by atoms with Gasteiger partial charge >= 0.3 is 0 Å². The molecule has 2 rings (SSSR count). The first-order valence-electron chi connectivity index (χ1n) is 10.9. The van der Waals surface area contributed by atoms with Gasteiger partial charge in [0, 0.05) is 28.8 Å². The molecule has 1 aromatic carbocycles. The van der Waals surface area contributed by atoms with Crippen molar-refractivity contribution in [1.82, 2.24) is 9.80 Å². The molecule has 31 heavy (non-hydrogen) atoms. The Morgan fingerprint density at radius 1 is 1.03 bits per heavy atom. The van der Waals surface area contributed by atoms with Crippen LogP contribution < -0.4 is 0 Å². The molecule has 1 heterocycles. The number of hydrogen-bond acceptors (Lipinski definition) is 3. The monoisotopic (exact) mass is 446 g/mol. The number of carbonyl (C=O) groups is 2. The van der Waals surface area contributed by atoms with E-state index in [0.29, 0.717) is 19.5 Å². The fourth-order valence-corrected chi connectivity index (χ4v) is 4.22. The maximum absolute atomic E-state index is 13.4. The van der Waals surface area contributed by atoms with Crippen molar-refractivity contribution in [2.24, 2.45) is 5.41 Å². The van der Waals surface area contributed by atoms with Crippen LogP contribution in [0.1, 0.15) is 62.8 Å². The molecular weight excluding hydrogens is 411 g/mol. The Bertz CT molecular complexity index is 870. The summed E-state index contributed by atoms with van der Waals surface area (Å²) in [5.74, 6) is -0.395. The fraction of sp³-hybridized carbons (Fsp3) is 0.520. The van der Waals surface area contributed by atoms with Crippen LogP contribution in [0.25, 0.3) is 0 Å². The van der Waals surface area contributed by atoms with Gasteiger partial charge in [-0.15, -0.1) is 11.3 Å². The molecule has 0 aliphatic rings. The zero-order valence-electron chi connectivity index (χ0n) is 19.6. The van der Waals surface area contributed by atoms with Gasteiger partial charge in [-0.2, -0.15) is 0 Å². The van der Waals surface area contributed by atoms with Crippen molar-refractivity contribution < 1.29 is 14.0 Å². The average molecular weight is 447 g/mol. The van der Waals surface area contributed by atoms with Gasteiger partial charge in [-0.3, -0.25) is 9.59 Å². The number of aryl methyl sites for hydroxylation is 1. The molecule has 0 saturated heterocycles. The highest BCUT2D eigenvalue weighted by molar-refractivity contribution is 7.11. The Hall–Kier alpha value is -2.21. The summed E-state index contributed by atoms with van der Waals surface area (Å²) in [6.07, 6.45) is 1.18.